The fourth-order valence-electron chi connectivity index (χ4n) is 3.08. The predicted molar refractivity (Wildman–Crippen MR) is 115 cm³/mol. The number of Topliss-reactive ketones (excluding diaryl/α,β-unsaturated/α-hetero) is 1. The van der Waals surface area contributed by atoms with Crippen molar-refractivity contribution in [2.24, 2.45) is 0 Å². The van der Waals surface area contributed by atoms with Crippen LogP contribution >= 0.6 is 0 Å². The zero-order valence-corrected chi connectivity index (χ0v) is 17.0. The number of benzene rings is 2. The van der Waals surface area contributed by atoms with Crippen LogP contribution in [-0.2, 0) is 16.1 Å². The van der Waals surface area contributed by atoms with Crippen LogP contribution in [0.15, 0.2) is 53.3 Å². The lowest BCUT2D eigenvalue weighted by Crippen LogP contribution is -2.36. The largest absolute Gasteiger partial charge is 0.383 e. The number of ketones is 1. The lowest BCUT2D eigenvalue weighted by molar-refractivity contribution is -0.117. The molecule has 0 saturated heterocycles. The monoisotopic (exact) mass is 408 g/mol. The lowest BCUT2D eigenvalue weighted by Gasteiger charge is -2.21. The van der Waals surface area contributed by atoms with Crippen molar-refractivity contribution in [2.75, 3.05) is 32.1 Å². The van der Waals surface area contributed by atoms with Gasteiger partial charge in [-0.1, -0.05) is 24.3 Å². The van der Waals surface area contributed by atoms with Crippen LogP contribution < -0.4 is 10.9 Å². The number of carbonyl (C=O) groups excluding carboxylic acids is 2. The number of H-pyrrole nitrogens is 1. The Kier molecular flexibility index (Phi) is 7.05. The van der Waals surface area contributed by atoms with Gasteiger partial charge in [0, 0.05) is 24.9 Å². The van der Waals surface area contributed by atoms with Crippen molar-refractivity contribution in [3.8, 4) is 0 Å². The van der Waals surface area contributed by atoms with E-state index in [0.29, 0.717) is 41.1 Å². The summed E-state index contributed by atoms with van der Waals surface area (Å²) in [6, 6.07) is 13.9. The van der Waals surface area contributed by atoms with Gasteiger partial charge in [0.25, 0.3) is 5.56 Å². The fraction of sp³-hybridized carbons (Fsp3) is 0.273. The third-order valence-electron chi connectivity index (χ3n) is 4.57. The Labute approximate surface area is 173 Å². The first-order chi connectivity index (χ1) is 14.5. The van der Waals surface area contributed by atoms with E-state index < -0.39 is 0 Å². The van der Waals surface area contributed by atoms with Crippen LogP contribution in [0.2, 0.25) is 0 Å². The van der Waals surface area contributed by atoms with E-state index in [-0.39, 0.29) is 30.3 Å². The first-order valence-electron chi connectivity index (χ1n) is 9.56. The second-order valence-corrected chi connectivity index (χ2v) is 6.92. The van der Waals surface area contributed by atoms with Gasteiger partial charge >= 0.3 is 0 Å². The first kappa shape index (κ1) is 21.4. The number of nitrogens with one attached hydrogen (secondary N) is 2. The summed E-state index contributed by atoms with van der Waals surface area (Å²) in [4.78, 5) is 45.5. The number of ether oxygens (including phenoxy) is 1. The minimum absolute atomic E-state index is 0.0702. The molecule has 0 saturated carbocycles. The van der Waals surface area contributed by atoms with Crippen LogP contribution in [0.3, 0.4) is 0 Å². The molecule has 30 heavy (non-hydrogen) atoms. The molecule has 1 aromatic heterocycles. The summed E-state index contributed by atoms with van der Waals surface area (Å²) in [5.41, 5.74) is 1.47. The van der Waals surface area contributed by atoms with Crippen LogP contribution in [0.1, 0.15) is 23.1 Å². The average molecular weight is 408 g/mol. The van der Waals surface area contributed by atoms with Crippen molar-refractivity contribution in [2.45, 2.75) is 13.5 Å². The standard InChI is InChI=1S/C22H24N4O4/c1-15(27)16-6-5-7-17(12-16)23-21(28)14-26(10-11-30-2)13-20-24-19-9-4-3-8-18(19)22(29)25-20/h3-9,12H,10-11,13-14H2,1-2H3,(H,23,28)(H,24,25,29). The maximum absolute atomic E-state index is 12.6. The first-order valence-corrected chi connectivity index (χ1v) is 9.56. The predicted octanol–water partition coefficient (Wildman–Crippen LogP) is 2.21. The SMILES string of the molecule is COCCN(CC(=O)Nc1cccc(C(C)=O)c1)Cc1nc2ccccc2c(=O)[nH]1. The highest BCUT2D eigenvalue weighted by atomic mass is 16.5. The minimum atomic E-state index is -0.241. The van der Waals surface area contributed by atoms with Gasteiger partial charge < -0.3 is 15.0 Å². The summed E-state index contributed by atoms with van der Waals surface area (Å²) in [5, 5.41) is 3.33. The van der Waals surface area contributed by atoms with Crippen molar-refractivity contribution < 1.29 is 14.3 Å². The normalized spacial score (nSPS) is 11.0. The molecular weight excluding hydrogens is 384 g/mol. The highest BCUT2D eigenvalue weighted by molar-refractivity contribution is 5.97. The Morgan fingerprint density at radius 2 is 1.97 bits per heavy atom. The summed E-state index contributed by atoms with van der Waals surface area (Å²) < 4.78 is 5.14. The van der Waals surface area contributed by atoms with Gasteiger partial charge in [0.05, 0.1) is 30.6 Å². The van der Waals surface area contributed by atoms with Crippen molar-refractivity contribution >= 4 is 28.3 Å². The fourth-order valence-corrected chi connectivity index (χ4v) is 3.08. The number of amides is 1. The molecule has 2 aromatic carbocycles. The van der Waals surface area contributed by atoms with Crippen LogP contribution in [0.4, 0.5) is 5.69 Å². The molecule has 3 rings (SSSR count). The van der Waals surface area contributed by atoms with Gasteiger partial charge in [0.15, 0.2) is 5.78 Å². The molecule has 3 aromatic rings. The molecule has 2 N–H and O–H groups in total. The summed E-state index contributed by atoms with van der Waals surface area (Å²) >= 11 is 0. The average Bonchev–Trinajstić information content (AvgIpc) is 2.72. The highest BCUT2D eigenvalue weighted by Gasteiger charge is 2.14. The maximum Gasteiger partial charge on any atom is 0.258 e. The molecule has 0 spiro atoms. The number of anilines is 1. The lowest BCUT2D eigenvalue weighted by atomic mass is 10.1. The third kappa shape index (κ3) is 5.59. The van der Waals surface area contributed by atoms with Gasteiger partial charge in [0.2, 0.25) is 5.91 Å². The van der Waals surface area contributed by atoms with E-state index in [1.807, 2.05) is 11.0 Å². The maximum atomic E-state index is 12.6. The molecule has 0 atom stereocenters. The molecule has 0 fully saturated rings. The van der Waals surface area contributed by atoms with Crippen LogP contribution in [-0.4, -0.2) is 53.4 Å². The van der Waals surface area contributed by atoms with Crippen molar-refractivity contribution in [1.82, 2.24) is 14.9 Å². The van der Waals surface area contributed by atoms with Crippen molar-refractivity contribution in [3.63, 3.8) is 0 Å². The molecular formula is C22H24N4O4. The van der Waals surface area contributed by atoms with Gasteiger partial charge in [-0.25, -0.2) is 4.98 Å². The minimum Gasteiger partial charge on any atom is -0.383 e. The molecule has 8 nitrogen and oxygen atoms in total. The Bertz CT molecular complexity index is 1110. The van der Waals surface area contributed by atoms with E-state index in [4.69, 9.17) is 4.74 Å². The van der Waals surface area contributed by atoms with E-state index >= 15 is 0 Å². The van der Waals surface area contributed by atoms with Crippen molar-refractivity contribution in [1.29, 1.82) is 0 Å². The number of aromatic nitrogens is 2. The van der Waals surface area contributed by atoms with Gasteiger partial charge in [-0.05, 0) is 31.2 Å². The summed E-state index contributed by atoms with van der Waals surface area (Å²) in [6.45, 7) is 2.73. The summed E-state index contributed by atoms with van der Waals surface area (Å²) in [7, 11) is 1.58. The van der Waals surface area contributed by atoms with Gasteiger partial charge in [-0.2, -0.15) is 0 Å². The number of rotatable bonds is 9. The number of aromatic amines is 1. The van der Waals surface area contributed by atoms with Crippen molar-refractivity contribution in [3.05, 3.63) is 70.3 Å². The van der Waals surface area contributed by atoms with Gasteiger partial charge in [-0.3, -0.25) is 19.3 Å². The number of hydrogen-bond acceptors (Lipinski definition) is 6. The molecule has 0 unspecified atom stereocenters. The van der Waals surface area contributed by atoms with E-state index in [1.54, 1.807) is 49.6 Å². The third-order valence-corrected chi connectivity index (χ3v) is 4.57. The molecule has 156 valence electrons. The zero-order valence-electron chi connectivity index (χ0n) is 17.0. The van der Waals surface area contributed by atoms with Crippen LogP contribution in [0, 0.1) is 0 Å². The highest BCUT2D eigenvalue weighted by Crippen LogP contribution is 2.12. The molecule has 1 heterocycles. The Hall–Kier alpha value is -3.36. The number of carbonyl (C=O) groups is 2. The van der Waals surface area contributed by atoms with E-state index in [0.717, 1.165) is 0 Å². The Morgan fingerprint density at radius 3 is 2.73 bits per heavy atom. The van der Waals surface area contributed by atoms with Crippen LogP contribution in [0.25, 0.3) is 10.9 Å². The van der Waals surface area contributed by atoms with Crippen LogP contribution in [0.5, 0.6) is 0 Å². The van der Waals surface area contributed by atoms with E-state index in [2.05, 4.69) is 15.3 Å². The molecule has 0 aliphatic rings. The molecule has 0 bridgehead atoms. The van der Waals surface area contributed by atoms with E-state index in [1.165, 1.54) is 6.92 Å². The van der Waals surface area contributed by atoms with Gasteiger partial charge in [0.1, 0.15) is 5.82 Å². The second kappa shape index (κ2) is 9.91. The smallest absolute Gasteiger partial charge is 0.258 e. The Balaban J connectivity index is 1.73. The van der Waals surface area contributed by atoms with E-state index in [9.17, 15) is 14.4 Å². The van der Waals surface area contributed by atoms with Gasteiger partial charge in [-0.15, -0.1) is 0 Å². The number of hydrogen-bond donors (Lipinski definition) is 2. The molecule has 0 aliphatic carbocycles. The quantitative estimate of drug-likeness (QED) is 0.526. The molecule has 8 heteroatoms. The number of methoxy groups -OCH3 is 1. The second-order valence-electron chi connectivity index (χ2n) is 6.92. The number of nitrogens with zero attached hydrogens (tertiary/aromatic N) is 2. The molecule has 0 radical (unpaired) electrons. The molecule has 0 aliphatic heterocycles. The summed E-state index contributed by atoms with van der Waals surface area (Å²) in [5.74, 6) is 0.162. The molecule has 1 amide bonds. The zero-order chi connectivity index (χ0) is 21.5. The number of para-hydroxylation sites is 1. The topological polar surface area (TPSA) is 104 Å². The summed E-state index contributed by atoms with van der Waals surface area (Å²) in [6.07, 6.45) is 0. The Morgan fingerprint density at radius 1 is 1.17 bits per heavy atom. The number of fused-ring (bicyclic) bond motifs is 1.